The van der Waals surface area contributed by atoms with Crippen molar-refractivity contribution in [3.05, 3.63) is 23.7 Å². The van der Waals surface area contributed by atoms with E-state index in [1.165, 1.54) is 0 Å². The predicted octanol–water partition coefficient (Wildman–Crippen LogP) is 0.295. The normalized spacial score (nSPS) is 8.67. The molecule has 0 saturated heterocycles. The molecule has 0 fully saturated rings. The van der Waals surface area contributed by atoms with E-state index in [1.54, 1.807) is 0 Å². The first-order chi connectivity index (χ1) is 5.11. The van der Waals surface area contributed by atoms with Crippen LogP contribution in [0, 0.1) is 0 Å². The van der Waals surface area contributed by atoms with Crippen molar-refractivity contribution in [2.75, 3.05) is 0 Å². The Balaban J connectivity index is 0.00000121. The summed E-state index contributed by atoms with van der Waals surface area (Å²) in [6.07, 6.45) is 0. The molecule has 0 aliphatic rings. The van der Waals surface area contributed by atoms with E-state index in [1.807, 2.05) is 0 Å². The van der Waals surface area contributed by atoms with Gasteiger partial charge in [-0.05, 0) is 12.1 Å². The fourth-order valence-corrected chi connectivity index (χ4v) is 0.568. The van der Waals surface area contributed by atoms with Gasteiger partial charge < -0.3 is 14.6 Å². The first-order valence-corrected chi connectivity index (χ1v) is 2.67. The Labute approximate surface area is 89.3 Å². The molecule has 1 aromatic heterocycles. The topological polar surface area (TPSA) is 87.7 Å². The van der Waals surface area contributed by atoms with Crippen molar-refractivity contribution < 1.29 is 24.2 Å². The van der Waals surface area contributed by atoms with Crippen molar-refractivity contribution in [2.24, 2.45) is 0 Å². The van der Waals surface area contributed by atoms with E-state index in [9.17, 15) is 9.59 Å². The zero-order chi connectivity index (χ0) is 8.43. The van der Waals surface area contributed by atoms with Gasteiger partial charge in [0.05, 0.1) is 0 Å². The van der Waals surface area contributed by atoms with Crippen molar-refractivity contribution in [3.63, 3.8) is 0 Å². The van der Waals surface area contributed by atoms with Gasteiger partial charge in [0.2, 0.25) is 11.5 Å². The molecule has 6 heteroatoms. The van der Waals surface area contributed by atoms with Gasteiger partial charge in [0.1, 0.15) is 0 Å². The van der Waals surface area contributed by atoms with Crippen LogP contribution in [-0.4, -0.2) is 51.7 Å². The van der Waals surface area contributed by atoms with Crippen molar-refractivity contribution in [1.82, 2.24) is 0 Å². The first-order valence-electron chi connectivity index (χ1n) is 2.67. The summed E-state index contributed by atoms with van der Waals surface area (Å²) >= 11 is 0. The van der Waals surface area contributed by atoms with Crippen molar-refractivity contribution in [1.29, 1.82) is 0 Å². The van der Waals surface area contributed by atoms with Crippen LogP contribution in [0.2, 0.25) is 0 Å². The maximum Gasteiger partial charge on any atom is 0.371 e. The molecule has 1 radical (unpaired) electrons. The molecule has 5 nitrogen and oxygen atoms in total. The van der Waals surface area contributed by atoms with Crippen LogP contribution in [0.3, 0.4) is 0 Å². The van der Waals surface area contributed by atoms with Crippen LogP contribution in [0.4, 0.5) is 0 Å². The molecule has 0 aliphatic heterocycles. The van der Waals surface area contributed by atoms with Crippen LogP contribution in [-0.2, 0) is 0 Å². The molecule has 0 atom stereocenters. The fourth-order valence-electron chi connectivity index (χ4n) is 0.568. The van der Waals surface area contributed by atoms with Gasteiger partial charge in [-0.15, -0.1) is 0 Å². The number of rotatable bonds is 2. The molecule has 2 N–H and O–H groups in total. The minimum Gasteiger partial charge on any atom is -0.475 e. The van der Waals surface area contributed by atoms with E-state index in [2.05, 4.69) is 4.42 Å². The molecule has 0 spiro atoms. The number of carboxylic acids is 2. The average Bonchev–Trinajstić information content (AvgIpc) is 2.33. The Morgan fingerprint density at radius 2 is 1.42 bits per heavy atom. The van der Waals surface area contributed by atoms with E-state index in [0.717, 1.165) is 12.1 Å². The molecule has 0 aromatic carbocycles. The van der Waals surface area contributed by atoms with Gasteiger partial charge in [-0.2, -0.15) is 0 Å². The summed E-state index contributed by atoms with van der Waals surface area (Å²) in [6.45, 7) is 0. The number of carbonyl (C=O) groups is 2. The van der Waals surface area contributed by atoms with Crippen LogP contribution >= 0.6 is 0 Å². The Hall–Kier alpha value is -0.780. The standard InChI is InChI=1S/C6H4O5.Na/c7-5(8)3-1-2-4(11-3)6(9)10;/h1-2H,(H,7,8)(H,9,10);. The molecule has 1 heterocycles. The van der Waals surface area contributed by atoms with E-state index >= 15 is 0 Å². The van der Waals surface area contributed by atoms with E-state index in [4.69, 9.17) is 10.2 Å². The summed E-state index contributed by atoms with van der Waals surface area (Å²) in [4.78, 5) is 20.3. The summed E-state index contributed by atoms with van der Waals surface area (Å²) in [5.74, 6) is -3.31. The maximum atomic E-state index is 10.2. The van der Waals surface area contributed by atoms with E-state index in [0.29, 0.717) is 0 Å². The Morgan fingerprint density at radius 1 is 1.08 bits per heavy atom. The summed E-state index contributed by atoms with van der Waals surface area (Å²) in [6, 6.07) is 2.18. The summed E-state index contributed by atoms with van der Waals surface area (Å²) in [5.41, 5.74) is 0. The van der Waals surface area contributed by atoms with E-state index < -0.39 is 11.9 Å². The van der Waals surface area contributed by atoms with Crippen LogP contribution in [0.5, 0.6) is 0 Å². The monoisotopic (exact) mass is 179 g/mol. The molecule has 12 heavy (non-hydrogen) atoms. The molecule has 0 bridgehead atoms. The smallest absolute Gasteiger partial charge is 0.371 e. The third-order valence-electron chi connectivity index (χ3n) is 1.03. The zero-order valence-electron chi connectivity index (χ0n) is 6.27. The third kappa shape index (κ3) is 2.37. The SMILES string of the molecule is O=C(O)c1ccc(C(=O)O)o1.[Na]. The largest absolute Gasteiger partial charge is 0.475 e. The molecule has 0 saturated carbocycles. The summed E-state index contributed by atoms with van der Waals surface area (Å²) < 4.78 is 4.41. The number of hydrogen-bond donors (Lipinski definition) is 2. The fraction of sp³-hybridized carbons (Fsp3) is 0. The van der Waals surface area contributed by atoms with Crippen molar-refractivity contribution in [2.45, 2.75) is 0 Å². The predicted molar refractivity (Wildman–Crippen MR) is 38.4 cm³/mol. The van der Waals surface area contributed by atoms with Gasteiger partial charge in [-0.3, -0.25) is 0 Å². The second-order valence-electron chi connectivity index (χ2n) is 1.77. The second-order valence-corrected chi connectivity index (χ2v) is 1.77. The average molecular weight is 179 g/mol. The van der Waals surface area contributed by atoms with Gasteiger partial charge in [0.15, 0.2) is 0 Å². The molecule has 0 aliphatic carbocycles. The molecule has 1 rings (SSSR count). The third-order valence-corrected chi connectivity index (χ3v) is 1.03. The van der Waals surface area contributed by atoms with Gasteiger partial charge in [0.25, 0.3) is 0 Å². The molecular weight excluding hydrogens is 175 g/mol. The second kappa shape index (κ2) is 4.30. The van der Waals surface area contributed by atoms with Gasteiger partial charge in [0, 0.05) is 29.6 Å². The minimum absolute atomic E-state index is 0. The number of hydrogen-bond acceptors (Lipinski definition) is 3. The van der Waals surface area contributed by atoms with Crippen LogP contribution in [0.15, 0.2) is 16.5 Å². The molecule has 59 valence electrons. The van der Waals surface area contributed by atoms with Gasteiger partial charge in [-0.25, -0.2) is 9.59 Å². The Bertz CT molecular complexity index is 274. The molecular formula is C6H4NaO5. The molecule has 0 amide bonds. The minimum atomic E-state index is -1.28. The molecule has 1 aromatic rings. The van der Waals surface area contributed by atoms with Crippen LogP contribution in [0.1, 0.15) is 21.1 Å². The van der Waals surface area contributed by atoms with Crippen LogP contribution in [0.25, 0.3) is 0 Å². The number of furan rings is 1. The Morgan fingerprint density at radius 3 is 1.58 bits per heavy atom. The van der Waals surface area contributed by atoms with Crippen molar-refractivity contribution >= 4 is 41.5 Å². The quantitative estimate of drug-likeness (QED) is 0.637. The maximum absolute atomic E-state index is 10.2. The summed E-state index contributed by atoms with van der Waals surface area (Å²) in [7, 11) is 0. The van der Waals surface area contributed by atoms with Gasteiger partial charge >= 0.3 is 11.9 Å². The van der Waals surface area contributed by atoms with Gasteiger partial charge in [-0.1, -0.05) is 0 Å². The van der Waals surface area contributed by atoms with Crippen LogP contribution < -0.4 is 0 Å². The number of aromatic carboxylic acids is 2. The first kappa shape index (κ1) is 11.2. The Kier molecular flexibility index (Phi) is 4.02. The van der Waals surface area contributed by atoms with Crippen molar-refractivity contribution in [3.8, 4) is 0 Å². The zero-order valence-corrected chi connectivity index (χ0v) is 8.27. The van der Waals surface area contributed by atoms with E-state index in [-0.39, 0.29) is 41.1 Å². The molecule has 0 unspecified atom stereocenters. The summed E-state index contributed by atoms with van der Waals surface area (Å²) in [5, 5.41) is 16.6. The number of carboxylic acid groups (broad SMARTS) is 2.